The molecule has 0 fully saturated rings. The lowest BCUT2D eigenvalue weighted by Gasteiger charge is -2.24. The minimum absolute atomic E-state index is 0.291. The van der Waals surface area contributed by atoms with E-state index in [4.69, 9.17) is 4.74 Å². The quantitative estimate of drug-likeness (QED) is 0.702. The zero-order valence-electron chi connectivity index (χ0n) is 14.4. The molecule has 0 unspecified atom stereocenters. The highest BCUT2D eigenvalue weighted by atomic mass is 16.5. The maximum absolute atomic E-state index is 12.8. The first-order valence-corrected chi connectivity index (χ1v) is 8.22. The van der Waals surface area contributed by atoms with Crippen LogP contribution in [0.3, 0.4) is 0 Å². The van der Waals surface area contributed by atoms with Crippen LogP contribution in [-0.4, -0.2) is 59.3 Å². The number of amides is 3. The maximum Gasteiger partial charge on any atom is 0.262 e. The van der Waals surface area contributed by atoms with Gasteiger partial charge in [-0.05, 0) is 29.8 Å². The van der Waals surface area contributed by atoms with Gasteiger partial charge < -0.3 is 9.64 Å². The van der Waals surface area contributed by atoms with Gasteiger partial charge in [-0.3, -0.25) is 24.3 Å². The smallest absolute Gasteiger partial charge is 0.262 e. The van der Waals surface area contributed by atoms with Crippen molar-refractivity contribution >= 4 is 17.7 Å². The largest absolute Gasteiger partial charge is 0.383 e. The van der Waals surface area contributed by atoms with Gasteiger partial charge in [0.1, 0.15) is 6.54 Å². The Balaban J connectivity index is 1.73. The average molecular weight is 353 g/mol. The fraction of sp³-hybridized carbons (Fsp3) is 0.263. The molecule has 3 amide bonds. The van der Waals surface area contributed by atoms with E-state index >= 15 is 0 Å². The Bertz CT molecular complexity index is 788. The minimum atomic E-state index is -0.436. The van der Waals surface area contributed by atoms with Crippen molar-refractivity contribution < 1.29 is 19.1 Å². The fourth-order valence-corrected chi connectivity index (χ4v) is 2.82. The summed E-state index contributed by atoms with van der Waals surface area (Å²) in [7, 11) is 1.55. The summed E-state index contributed by atoms with van der Waals surface area (Å²) in [6, 6.07) is 10.2. The van der Waals surface area contributed by atoms with Gasteiger partial charge >= 0.3 is 0 Å². The summed E-state index contributed by atoms with van der Waals surface area (Å²) >= 11 is 0. The second-order valence-corrected chi connectivity index (χ2v) is 5.91. The summed E-state index contributed by atoms with van der Waals surface area (Å²) < 4.78 is 5.07. The number of hydrogen-bond donors (Lipinski definition) is 0. The molecule has 0 atom stereocenters. The number of carbonyl (C=O) groups is 3. The summed E-state index contributed by atoms with van der Waals surface area (Å²) in [5, 5.41) is 0. The Morgan fingerprint density at radius 3 is 2.27 bits per heavy atom. The lowest BCUT2D eigenvalue weighted by molar-refractivity contribution is -0.132. The SMILES string of the molecule is COCCN(Cc1ccncc1)C(=O)CN1C(=O)c2ccccc2C1=O. The molecule has 0 radical (unpaired) electrons. The molecule has 2 aromatic rings. The Morgan fingerprint density at radius 1 is 1.08 bits per heavy atom. The van der Waals surface area contributed by atoms with Crippen LogP contribution in [-0.2, 0) is 16.1 Å². The fourth-order valence-electron chi connectivity index (χ4n) is 2.82. The van der Waals surface area contributed by atoms with Gasteiger partial charge in [-0.2, -0.15) is 0 Å². The molecule has 3 rings (SSSR count). The summed E-state index contributed by atoms with van der Waals surface area (Å²) in [6.45, 7) is 0.787. The standard InChI is InChI=1S/C19H19N3O4/c1-26-11-10-21(12-14-6-8-20-9-7-14)17(23)13-22-18(24)15-4-2-3-5-16(15)19(22)25/h2-9H,10-13H2,1H3. The lowest BCUT2D eigenvalue weighted by Crippen LogP contribution is -2.43. The van der Waals surface area contributed by atoms with Gasteiger partial charge in [0.25, 0.3) is 11.8 Å². The first kappa shape index (κ1) is 17.8. The monoisotopic (exact) mass is 353 g/mol. The number of ether oxygens (including phenoxy) is 1. The normalized spacial score (nSPS) is 13.0. The number of benzene rings is 1. The van der Waals surface area contributed by atoms with Crippen molar-refractivity contribution in [2.24, 2.45) is 0 Å². The molecule has 1 aromatic heterocycles. The zero-order chi connectivity index (χ0) is 18.5. The highest BCUT2D eigenvalue weighted by Crippen LogP contribution is 2.22. The molecular formula is C19H19N3O4. The molecule has 1 aliphatic rings. The van der Waals surface area contributed by atoms with Gasteiger partial charge in [0.2, 0.25) is 5.91 Å². The third-order valence-corrected chi connectivity index (χ3v) is 4.21. The van der Waals surface area contributed by atoms with Crippen molar-refractivity contribution in [3.8, 4) is 0 Å². The number of imide groups is 1. The Morgan fingerprint density at radius 2 is 1.69 bits per heavy atom. The van der Waals surface area contributed by atoms with E-state index in [2.05, 4.69) is 4.98 Å². The number of nitrogens with zero attached hydrogens (tertiary/aromatic N) is 3. The predicted octanol–water partition coefficient (Wildman–Crippen LogP) is 1.35. The Hall–Kier alpha value is -3.06. The van der Waals surface area contributed by atoms with E-state index in [1.165, 1.54) is 0 Å². The van der Waals surface area contributed by atoms with Gasteiger partial charge in [-0.15, -0.1) is 0 Å². The van der Waals surface area contributed by atoms with Gasteiger partial charge in [0.15, 0.2) is 0 Å². The van der Waals surface area contributed by atoms with Crippen molar-refractivity contribution in [3.05, 3.63) is 65.5 Å². The molecule has 0 aliphatic carbocycles. The molecule has 1 aromatic carbocycles. The second-order valence-electron chi connectivity index (χ2n) is 5.91. The molecule has 7 nitrogen and oxygen atoms in total. The maximum atomic E-state index is 12.8. The van der Waals surface area contributed by atoms with Gasteiger partial charge in [0, 0.05) is 32.6 Å². The number of hydrogen-bond acceptors (Lipinski definition) is 5. The highest BCUT2D eigenvalue weighted by molar-refractivity contribution is 6.22. The summed E-state index contributed by atoms with van der Waals surface area (Å²) in [6.07, 6.45) is 3.30. The molecular weight excluding hydrogens is 334 g/mol. The zero-order valence-corrected chi connectivity index (χ0v) is 14.4. The first-order chi connectivity index (χ1) is 12.6. The molecule has 0 bridgehead atoms. The number of rotatable bonds is 7. The number of pyridine rings is 1. The highest BCUT2D eigenvalue weighted by Gasteiger charge is 2.36. The van der Waals surface area contributed by atoms with Crippen molar-refractivity contribution in [2.45, 2.75) is 6.54 Å². The van der Waals surface area contributed by atoms with Crippen LogP contribution in [0.15, 0.2) is 48.8 Å². The first-order valence-electron chi connectivity index (χ1n) is 8.22. The molecule has 0 spiro atoms. The van der Waals surface area contributed by atoms with E-state index in [0.29, 0.717) is 30.8 Å². The topological polar surface area (TPSA) is 79.8 Å². The van der Waals surface area contributed by atoms with E-state index in [-0.39, 0.29) is 12.5 Å². The predicted molar refractivity (Wildman–Crippen MR) is 93.3 cm³/mol. The van der Waals surface area contributed by atoms with Gasteiger partial charge in [0.05, 0.1) is 17.7 Å². The van der Waals surface area contributed by atoms with Crippen LogP contribution < -0.4 is 0 Å². The lowest BCUT2D eigenvalue weighted by atomic mass is 10.1. The summed E-state index contributed by atoms with van der Waals surface area (Å²) in [5.74, 6) is -1.18. The number of fused-ring (bicyclic) bond motifs is 1. The summed E-state index contributed by atoms with van der Waals surface area (Å²) in [4.78, 5) is 44.2. The van der Waals surface area contributed by atoms with E-state index in [0.717, 1.165) is 10.5 Å². The average Bonchev–Trinajstić information content (AvgIpc) is 2.91. The summed E-state index contributed by atoms with van der Waals surface area (Å²) in [5.41, 5.74) is 1.58. The molecule has 7 heteroatoms. The van der Waals surface area contributed by atoms with Gasteiger partial charge in [-0.1, -0.05) is 12.1 Å². The second kappa shape index (κ2) is 7.88. The molecule has 0 N–H and O–H groups in total. The molecule has 26 heavy (non-hydrogen) atoms. The van der Waals surface area contributed by atoms with Crippen molar-refractivity contribution in [1.82, 2.24) is 14.8 Å². The Kier molecular flexibility index (Phi) is 5.38. The third kappa shape index (κ3) is 3.62. The van der Waals surface area contributed by atoms with Crippen LogP contribution >= 0.6 is 0 Å². The van der Waals surface area contributed by atoms with Crippen molar-refractivity contribution in [2.75, 3.05) is 26.8 Å². The van der Waals surface area contributed by atoms with Crippen molar-refractivity contribution in [1.29, 1.82) is 0 Å². The minimum Gasteiger partial charge on any atom is -0.383 e. The molecule has 1 aliphatic heterocycles. The Labute approximate surface area is 151 Å². The molecule has 0 saturated carbocycles. The third-order valence-electron chi connectivity index (χ3n) is 4.21. The van der Waals surface area contributed by atoms with Crippen molar-refractivity contribution in [3.63, 3.8) is 0 Å². The molecule has 134 valence electrons. The van der Waals surface area contributed by atoms with Crippen LogP contribution in [0.4, 0.5) is 0 Å². The van der Waals surface area contributed by atoms with Crippen LogP contribution in [0, 0.1) is 0 Å². The van der Waals surface area contributed by atoms with Crippen LogP contribution in [0.5, 0.6) is 0 Å². The van der Waals surface area contributed by atoms with Crippen LogP contribution in [0.25, 0.3) is 0 Å². The number of aromatic nitrogens is 1. The molecule has 0 saturated heterocycles. The number of carbonyl (C=O) groups excluding carboxylic acids is 3. The van der Waals surface area contributed by atoms with Gasteiger partial charge in [-0.25, -0.2) is 0 Å². The van der Waals surface area contributed by atoms with Crippen LogP contribution in [0.1, 0.15) is 26.3 Å². The van der Waals surface area contributed by atoms with E-state index in [1.807, 2.05) is 12.1 Å². The molecule has 2 heterocycles. The number of methoxy groups -OCH3 is 1. The van der Waals surface area contributed by atoms with Crippen LogP contribution in [0.2, 0.25) is 0 Å². The van der Waals surface area contributed by atoms with E-state index in [1.54, 1.807) is 48.7 Å². The van der Waals surface area contributed by atoms with E-state index < -0.39 is 11.8 Å². The van der Waals surface area contributed by atoms with E-state index in [9.17, 15) is 14.4 Å².